The molecule has 0 aliphatic heterocycles. The van der Waals surface area contributed by atoms with E-state index in [1.165, 1.54) is 17.5 Å². The van der Waals surface area contributed by atoms with Gasteiger partial charge >= 0.3 is 12.1 Å². The molecule has 1 aromatic heterocycles. The number of carboxylic acid groups (broad SMARTS) is 1. The van der Waals surface area contributed by atoms with Gasteiger partial charge in [0.2, 0.25) is 0 Å². The SMILES string of the molecule is O=C(O)CCCNC(=O)c1cn(CCNC(=O)OCC2c3ccccc3-c3ccccc32)cn1. The molecular formula is C25H26N4O5. The first-order chi connectivity index (χ1) is 16.5. The molecule has 1 aliphatic rings. The van der Waals surface area contributed by atoms with Crippen LogP contribution < -0.4 is 10.6 Å². The molecule has 2 aromatic carbocycles. The van der Waals surface area contributed by atoms with E-state index in [0.29, 0.717) is 19.5 Å². The maximum atomic E-state index is 12.3. The maximum Gasteiger partial charge on any atom is 0.407 e. The van der Waals surface area contributed by atoms with Crippen LogP contribution in [0.3, 0.4) is 0 Å². The minimum atomic E-state index is -0.901. The van der Waals surface area contributed by atoms with Crippen LogP contribution in [0.25, 0.3) is 11.1 Å². The first kappa shape index (κ1) is 23.0. The second-order valence-corrected chi connectivity index (χ2v) is 8.00. The second kappa shape index (κ2) is 10.7. The molecule has 0 saturated carbocycles. The molecule has 0 fully saturated rings. The second-order valence-electron chi connectivity index (χ2n) is 8.00. The molecule has 0 atom stereocenters. The van der Waals surface area contributed by atoms with Gasteiger partial charge < -0.3 is 25.0 Å². The molecule has 9 nitrogen and oxygen atoms in total. The van der Waals surface area contributed by atoms with Crippen LogP contribution >= 0.6 is 0 Å². The van der Waals surface area contributed by atoms with Crippen molar-refractivity contribution in [2.45, 2.75) is 25.3 Å². The van der Waals surface area contributed by atoms with Crippen LogP contribution in [0.1, 0.15) is 40.4 Å². The zero-order valence-corrected chi connectivity index (χ0v) is 18.6. The van der Waals surface area contributed by atoms with Gasteiger partial charge in [-0.1, -0.05) is 48.5 Å². The number of carbonyl (C=O) groups is 3. The molecule has 1 aliphatic carbocycles. The monoisotopic (exact) mass is 462 g/mol. The van der Waals surface area contributed by atoms with Crippen LogP contribution in [-0.2, 0) is 16.1 Å². The van der Waals surface area contributed by atoms with Gasteiger partial charge in [-0.3, -0.25) is 9.59 Å². The third-order valence-electron chi connectivity index (χ3n) is 5.70. The number of nitrogens with one attached hydrogen (secondary N) is 2. The molecule has 2 amide bonds. The Kier molecular flexibility index (Phi) is 7.22. The van der Waals surface area contributed by atoms with Crippen molar-refractivity contribution in [3.05, 3.63) is 77.9 Å². The van der Waals surface area contributed by atoms with Crippen LogP contribution in [0.15, 0.2) is 61.1 Å². The summed E-state index contributed by atoms with van der Waals surface area (Å²) in [6, 6.07) is 16.3. The third-order valence-corrected chi connectivity index (χ3v) is 5.70. The Balaban J connectivity index is 1.21. The fourth-order valence-electron chi connectivity index (χ4n) is 4.07. The fraction of sp³-hybridized carbons (Fsp3) is 0.280. The van der Waals surface area contributed by atoms with Gasteiger partial charge in [-0.2, -0.15) is 0 Å². The molecule has 0 radical (unpaired) electrons. The molecule has 0 unspecified atom stereocenters. The van der Waals surface area contributed by atoms with Gasteiger partial charge in [-0.25, -0.2) is 9.78 Å². The molecule has 9 heteroatoms. The summed E-state index contributed by atoms with van der Waals surface area (Å²) < 4.78 is 7.20. The van der Waals surface area contributed by atoms with E-state index in [1.807, 2.05) is 24.3 Å². The number of aromatic nitrogens is 2. The molecule has 0 bridgehead atoms. The van der Waals surface area contributed by atoms with E-state index in [-0.39, 0.29) is 37.1 Å². The molecule has 4 rings (SSSR count). The summed E-state index contributed by atoms with van der Waals surface area (Å²) in [5.74, 6) is -1.26. The van der Waals surface area contributed by atoms with Crippen LogP contribution in [-0.4, -0.2) is 52.3 Å². The summed E-state index contributed by atoms with van der Waals surface area (Å²) in [5.41, 5.74) is 4.90. The van der Waals surface area contributed by atoms with E-state index in [4.69, 9.17) is 9.84 Å². The Morgan fingerprint density at radius 3 is 2.32 bits per heavy atom. The van der Waals surface area contributed by atoms with Gasteiger partial charge in [0, 0.05) is 38.2 Å². The zero-order valence-electron chi connectivity index (χ0n) is 18.6. The lowest BCUT2D eigenvalue weighted by Crippen LogP contribution is -2.29. The lowest BCUT2D eigenvalue weighted by molar-refractivity contribution is -0.137. The zero-order chi connectivity index (χ0) is 23.9. The summed E-state index contributed by atoms with van der Waals surface area (Å²) in [4.78, 5) is 38.9. The standard InChI is InChI=1S/C25H26N4O5/c30-23(31)10-5-11-26-24(32)22-14-29(16-28-22)13-12-27-25(33)34-15-21-19-8-3-1-6-17(19)18-7-2-4-9-20(18)21/h1-4,6-9,14,16,21H,5,10-13,15H2,(H,26,32)(H,27,33)(H,30,31). The largest absolute Gasteiger partial charge is 0.481 e. The molecule has 1 heterocycles. The Bertz CT molecular complexity index is 1140. The summed E-state index contributed by atoms with van der Waals surface area (Å²) >= 11 is 0. The van der Waals surface area contributed by atoms with Crippen molar-refractivity contribution in [2.24, 2.45) is 0 Å². The lowest BCUT2D eigenvalue weighted by Gasteiger charge is -2.14. The van der Waals surface area contributed by atoms with E-state index >= 15 is 0 Å². The molecule has 3 N–H and O–H groups in total. The highest BCUT2D eigenvalue weighted by Gasteiger charge is 2.28. The number of fused-ring (bicyclic) bond motifs is 3. The number of nitrogens with zero attached hydrogens (tertiary/aromatic N) is 2. The molecule has 0 saturated heterocycles. The Morgan fingerprint density at radius 1 is 0.971 bits per heavy atom. The number of benzene rings is 2. The van der Waals surface area contributed by atoms with E-state index in [9.17, 15) is 14.4 Å². The molecule has 176 valence electrons. The van der Waals surface area contributed by atoms with Crippen LogP contribution in [0.2, 0.25) is 0 Å². The highest BCUT2D eigenvalue weighted by Crippen LogP contribution is 2.44. The number of rotatable bonds is 10. The molecule has 34 heavy (non-hydrogen) atoms. The number of carboxylic acids is 1. The van der Waals surface area contributed by atoms with Gasteiger partial charge in [-0.15, -0.1) is 0 Å². The van der Waals surface area contributed by atoms with Gasteiger partial charge in [-0.05, 0) is 28.7 Å². The van der Waals surface area contributed by atoms with Crippen molar-refractivity contribution in [3.8, 4) is 11.1 Å². The Hall–Kier alpha value is -4.14. The number of hydrogen-bond donors (Lipinski definition) is 3. The fourth-order valence-corrected chi connectivity index (χ4v) is 4.07. The average Bonchev–Trinajstić information content (AvgIpc) is 3.43. The number of ether oxygens (including phenoxy) is 1. The number of carbonyl (C=O) groups excluding carboxylic acids is 2. The number of hydrogen-bond acceptors (Lipinski definition) is 5. The number of amides is 2. The minimum absolute atomic E-state index is 0.00312. The normalized spacial score (nSPS) is 12.0. The van der Waals surface area contributed by atoms with Crippen molar-refractivity contribution < 1.29 is 24.2 Å². The van der Waals surface area contributed by atoms with E-state index < -0.39 is 12.1 Å². The topological polar surface area (TPSA) is 123 Å². The Morgan fingerprint density at radius 2 is 1.65 bits per heavy atom. The number of alkyl carbamates (subject to hydrolysis) is 1. The number of imidazole rings is 1. The summed E-state index contributed by atoms with van der Waals surface area (Å²) in [7, 11) is 0. The van der Waals surface area contributed by atoms with Crippen LogP contribution in [0, 0.1) is 0 Å². The van der Waals surface area contributed by atoms with E-state index in [1.54, 1.807) is 10.8 Å². The smallest absolute Gasteiger partial charge is 0.407 e. The first-order valence-corrected chi connectivity index (χ1v) is 11.1. The minimum Gasteiger partial charge on any atom is -0.481 e. The summed E-state index contributed by atoms with van der Waals surface area (Å²) in [6.45, 7) is 1.24. The van der Waals surface area contributed by atoms with Crippen molar-refractivity contribution in [1.29, 1.82) is 0 Å². The highest BCUT2D eigenvalue weighted by molar-refractivity contribution is 5.92. The molecular weight excluding hydrogens is 436 g/mol. The van der Waals surface area contributed by atoms with Crippen molar-refractivity contribution >= 4 is 18.0 Å². The summed E-state index contributed by atoms with van der Waals surface area (Å²) in [5, 5.41) is 14.0. The molecule has 3 aromatic rings. The highest BCUT2D eigenvalue weighted by atomic mass is 16.5. The van der Waals surface area contributed by atoms with Crippen LogP contribution in [0.5, 0.6) is 0 Å². The van der Waals surface area contributed by atoms with Gasteiger partial charge in [0.25, 0.3) is 5.91 Å². The average molecular weight is 463 g/mol. The molecule has 0 spiro atoms. The van der Waals surface area contributed by atoms with Crippen molar-refractivity contribution in [2.75, 3.05) is 19.7 Å². The summed E-state index contributed by atoms with van der Waals surface area (Å²) in [6.07, 6.45) is 2.93. The van der Waals surface area contributed by atoms with Gasteiger partial charge in [0.15, 0.2) is 0 Å². The quantitative estimate of drug-likeness (QED) is 0.398. The maximum absolute atomic E-state index is 12.3. The van der Waals surface area contributed by atoms with Crippen molar-refractivity contribution in [3.63, 3.8) is 0 Å². The number of aliphatic carboxylic acids is 1. The Labute approximate surface area is 196 Å². The first-order valence-electron chi connectivity index (χ1n) is 11.1. The lowest BCUT2D eigenvalue weighted by atomic mass is 9.98. The van der Waals surface area contributed by atoms with Crippen molar-refractivity contribution in [1.82, 2.24) is 20.2 Å². The van der Waals surface area contributed by atoms with Crippen LogP contribution in [0.4, 0.5) is 4.79 Å². The predicted octanol–water partition coefficient (Wildman–Crippen LogP) is 3.02. The predicted molar refractivity (Wildman–Crippen MR) is 125 cm³/mol. The van der Waals surface area contributed by atoms with Gasteiger partial charge in [0.1, 0.15) is 12.3 Å². The third kappa shape index (κ3) is 5.43. The van der Waals surface area contributed by atoms with E-state index in [0.717, 1.165) is 11.1 Å². The van der Waals surface area contributed by atoms with E-state index in [2.05, 4.69) is 39.9 Å². The van der Waals surface area contributed by atoms with Gasteiger partial charge in [0.05, 0.1) is 6.33 Å².